The Morgan fingerprint density at radius 2 is 1.95 bits per heavy atom. The largest absolute Gasteiger partial charge is 0.356 e. The summed E-state index contributed by atoms with van der Waals surface area (Å²) in [5.74, 6) is 0.952. The molecule has 0 aromatic carbocycles. The summed E-state index contributed by atoms with van der Waals surface area (Å²) < 4.78 is 0. The molecule has 1 aromatic rings. The van der Waals surface area contributed by atoms with Crippen LogP contribution in [0.4, 0.5) is 5.82 Å². The van der Waals surface area contributed by atoms with Crippen molar-refractivity contribution in [2.45, 2.75) is 31.3 Å². The maximum Gasteiger partial charge on any atom is 0.151 e. The van der Waals surface area contributed by atoms with E-state index in [1.807, 2.05) is 13.1 Å². The summed E-state index contributed by atoms with van der Waals surface area (Å²) in [5, 5.41) is 11.6. The van der Waals surface area contributed by atoms with Crippen LogP contribution in [0.25, 0.3) is 0 Å². The van der Waals surface area contributed by atoms with Gasteiger partial charge in [0, 0.05) is 25.7 Å². The van der Waals surface area contributed by atoms with Crippen LogP contribution in [0.1, 0.15) is 25.0 Å². The van der Waals surface area contributed by atoms with E-state index in [0.717, 1.165) is 24.6 Å². The highest BCUT2D eigenvalue weighted by molar-refractivity contribution is 5.37. The third-order valence-electron chi connectivity index (χ3n) is 4.22. The molecule has 5 heteroatoms. The molecule has 0 bridgehead atoms. The Labute approximate surface area is 116 Å². The summed E-state index contributed by atoms with van der Waals surface area (Å²) in [6.07, 6.45) is 3.88. The molecular formula is C14H25N5. The molecule has 2 rings (SSSR count). The number of nitrogens with one attached hydrogen (secondary N) is 1. The average Bonchev–Trinajstić information content (AvgIpc) is 2.34. The molecule has 0 saturated heterocycles. The first kappa shape index (κ1) is 14.2. The summed E-state index contributed by atoms with van der Waals surface area (Å²) in [7, 11) is 8.37. The average molecular weight is 263 g/mol. The van der Waals surface area contributed by atoms with Crippen molar-refractivity contribution in [1.29, 1.82) is 0 Å². The van der Waals surface area contributed by atoms with E-state index in [9.17, 15) is 0 Å². The summed E-state index contributed by atoms with van der Waals surface area (Å²) in [6.45, 7) is 1.78. The molecule has 1 aromatic heterocycles. The molecule has 0 unspecified atom stereocenters. The van der Waals surface area contributed by atoms with Crippen molar-refractivity contribution in [2.24, 2.45) is 0 Å². The molecule has 0 amide bonds. The molecule has 0 radical (unpaired) electrons. The van der Waals surface area contributed by atoms with Gasteiger partial charge in [-0.15, -0.1) is 5.10 Å². The second-order valence-electron chi connectivity index (χ2n) is 5.74. The van der Waals surface area contributed by atoms with Gasteiger partial charge in [0.25, 0.3) is 0 Å². The Morgan fingerprint density at radius 1 is 1.21 bits per heavy atom. The van der Waals surface area contributed by atoms with Crippen LogP contribution in [0.15, 0.2) is 12.1 Å². The molecule has 1 fully saturated rings. The third kappa shape index (κ3) is 3.04. The molecule has 1 aliphatic rings. The van der Waals surface area contributed by atoms with E-state index >= 15 is 0 Å². The van der Waals surface area contributed by atoms with E-state index in [4.69, 9.17) is 0 Å². The molecule has 1 aliphatic carbocycles. The van der Waals surface area contributed by atoms with Gasteiger partial charge in [-0.2, -0.15) is 5.10 Å². The highest BCUT2D eigenvalue weighted by atomic mass is 15.3. The van der Waals surface area contributed by atoms with Crippen LogP contribution >= 0.6 is 0 Å². The van der Waals surface area contributed by atoms with Gasteiger partial charge in [-0.05, 0) is 52.5 Å². The number of likely N-dealkylation sites (N-methyl/N-ethyl adjacent to an activating group) is 2. The second-order valence-corrected chi connectivity index (χ2v) is 5.74. The van der Waals surface area contributed by atoms with Crippen molar-refractivity contribution >= 4 is 5.82 Å². The number of aromatic nitrogens is 2. The lowest BCUT2D eigenvalue weighted by Crippen LogP contribution is -2.56. The Hall–Kier alpha value is -1.20. The first-order chi connectivity index (χ1) is 9.07. The van der Waals surface area contributed by atoms with Crippen molar-refractivity contribution < 1.29 is 0 Å². The minimum absolute atomic E-state index is 0.320. The van der Waals surface area contributed by atoms with E-state index < -0.39 is 0 Å². The van der Waals surface area contributed by atoms with Crippen LogP contribution in [0, 0.1) is 0 Å². The Morgan fingerprint density at radius 3 is 2.37 bits per heavy atom. The lowest BCUT2D eigenvalue weighted by atomic mass is 9.75. The molecule has 0 spiro atoms. The van der Waals surface area contributed by atoms with E-state index in [1.165, 1.54) is 19.3 Å². The molecule has 1 saturated carbocycles. The van der Waals surface area contributed by atoms with E-state index in [0.29, 0.717) is 5.54 Å². The van der Waals surface area contributed by atoms with Crippen molar-refractivity contribution in [1.82, 2.24) is 20.4 Å². The molecule has 1 heterocycles. The molecule has 106 valence electrons. The topological polar surface area (TPSA) is 44.3 Å². The fraction of sp³-hybridized carbons (Fsp3) is 0.714. The van der Waals surface area contributed by atoms with Gasteiger partial charge >= 0.3 is 0 Å². The van der Waals surface area contributed by atoms with Crippen LogP contribution < -0.4 is 10.2 Å². The summed E-state index contributed by atoms with van der Waals surface area (Å²) in [4.78, 5) is 4.57. The molecular weight excluding hydrogens is 238 g/mol. The molecule has 5 nitrogen and oxygen atoms in total. The van der Waals surface area contributed by atoms with Crippen LogP contribution in [0.2, 0.25) is 0 Å². The van der Waals surface area contributed by atoms with Crippen molar-refractivity contribution in [2.75, 3.05) is 39.6 Å². The second kappa shape index (κ2) is 5.84. The minimum Gasteiger partial charge on any atom is -0.356 e. The van der Waals surface area contributed by atoms with Crippen molar-refractivity contribution in [3.05, 3.63) is 17.8 Å². The van der Waals surface area contributed by atoms with Gasteiger partial charge in [-0.3, -0.25) is 0 Å². The summed E-state index contributed by atoms with van der Waals surface area (Å²) in [6, 6.07) is 4.10. The van der Waals surface area contributed by atoms with Gasteiger partial charge in [0.2, 0.25) is 0 Å². The quantitative estimate of drug-likeness (QED) is 0.833. The smallest absolute Gasteiger partial charge is 0.151 e. The third-order valence-corrected chi connectivity index (χ3v) is 4.22. The first-order valence-electron chi connectivity index (χ1n) is 6.93. The SMILES string of the molecule is CNCc1ccc(N(C)CC2(N(C)C)CCC2)nn1. The van der Waals surface area contributed by atoms with E-state index in [2.05, 4.69) is 52.5 Å². The fourth-order valence-electron chi connectivity index (χ4n) is 2.69. The van der Waals surface area contributed by atoms with Crippen LogP contribution in [0.3, 0.4) is 0 Å². The Kier molecular flexibility index (Phi) is 4.37. The van der Waals surface area contributed by atoms with E-state index in [1.54, 1.807) is 0 Å². The number of nitrogens with zero attached hydrogens (tertiary/aromatic N) is 4. The highest BCUT2D eigenvalue weighted by Gasteiger charge is 2.40. The molecule has 0 atom stereocenters. The van der Waals surface area contributed by atoms with Gasteiger partial charge in [-0.1, -0.05) is 0 Å². The highest BCUT2D eigenvalue weighted by Crippen LogP contribution is 2.37. The van der Waals surface area contributed by atoms with Crippen molar-refractivity contribution in [3.63, 3.8) is 0 Å². The number of anilines is 1. The van der Waals surface area contributed by atoms with Gasteiger partial charge in [0.05, 0.1) is 5.69 Å². The van der Waals surface area contributed by atoms with Gasteiger partial charge in [0.15, 0.2) is 5.82 Å². The fourth-order valence-corrected chi connectivity index (χ4v) is 2.69. The lowest BCUT2D eigenvalue weighted by Gasteiger charge is -2.49. The maximum atomic E-state index is 4.32. The zero-order valence-corrected chi connectivity index (χ0v) is 12.5. The summed E-state index contributed by atoms with van der Waals surface area (Å²) >= 11 is 0. The van der Waals surface area contributed by atoms with Gasteiger partial charge in [-0.25, -0.2) is 0 Å². The van der Waals surface area contributed by atoms with Crippen LogP contribution in [0.5, 0.6) is 0 Å². The van der Waals surface area contributed by atoms with E-state index in [-0.39, 0.29) is 0 Å². The van der Waals surface area contributed by atoms with Gasteiger partial charge < -0.3 is 15.1 Å². The normalized spacial score (nSPS) is 17.3. The zero-order valence-electron chi connectivity index (χ0n) is 12.5. The standard InChI is InChI=1S/C14H25N5/c1-15-10-12-6-7-13(17-16-12)19(4)11-14(18(2)3)8-5-9-14/h6-7,15H,5,8-11H2,1-4H3. The number of hydrogen-bond acceptors (Lipinski definition) is 5. The number of hydrogen-bond donors (Lipinski definition) is 1. The lowest BCUT2D eigenvalue weighted by molar-refractivity contribution is 0.0681. The monoisotopic (exact) mass is 263 g/mol. The summed E-state index contributed by atoms with van der Waals surface area (Å²) in [5.41, 5.74) is 1.30. The van der Waals surface area contributed by atoms with Crippen molar-refractivity contribution in [3.8, 4) is 0 Å². The Bertz CT molecular complexity index is 397. The van der Waals surface area contributed by atoms with Crippen LogP contribution in [-0.2, 0) is 6.54 Å². The molecule has 1 N–H and O–H groups in total. The molecule has 0 aliphatic heterocycles. The maximum absolute atomic E-state index is 4.32. The molecule has 19 heavy (non-hydrogen) atoms. The van der Waals surface area contributed by atoms with Gasteiger partial charge in [0.1, 0.15) is 0 Å². The minimum atomic E-state index is 0.320. The predicted octanol–water partition coefficient (Wildman–Crippen LogP) is 1.12. The Balaban J connectivity index is 2.01. The first-order valence-corrected chi connectivity index (χ1v) is 6.93. The van der Waals surface area contributed by atoms with Crippen LogP contribution in [-0.4, -0.2) is 55.4 Å². The zero-order chi connectivity index (χ0) is 13.9. The predicted molar refractivity (Wildman–Crippen MR) is 78.3 cm³/mol. The number of rotatable bonds is 6.